The predicted molar refractivity (Wildman–Crippen MR) is 92.4 cm³/mol. The van der Waals surface area contributed by atoms with Crippen molar-refractivity contribution in [3.63, 3.8) is 0 Å². The van der Waals surface area contributed by atoms with E-state index in [1.807, 2.05) is 24.6 Å². The lowest BCUT2D eigenvalue weighted by Crippen LogP contribution is -2.30. The largest absolute Gasteiger partial charge is 0.352 e. The van der Waals surface area contributed by atoms with Gasteiger partial charge in [-0.1, -0.05) is 6.92 Å². The number of carbonyl (C=O) groups is 1. The van der Waals surface area contributed by atoms with Gasteiger partial charge in [0, 0.05) is 30.5 Å². The first-order valence-electron chi connectivity index (χ1n) is 8.13. The number of nitrogens with zero attached hydrogens (tertiary/aromatic N) is 6. The molecule has 8 nitrogen and oxygen atoms in total. The summed E-state index contributed by atoms with van der Waals surface area (Å²) >= 11 is 0. The molecule has 0 unspecified atom stereocenters. The molecule has 0 bridgehead atoms. The molecule has 3 aromatic rings. The van der Waals surface area contributed by atoms with E-state index in [0.717, 1.165) is 17.9 Å². The lowest BCUT2D eigenvalue weighted by atomic mass is 10.1. The first-order chi connectivity index (χ1) is 12.0. The fraction of sp³-hybridized carbons (Fsp3) is 0.353. The highest BCUT2D eigenvalue weighted by molar-refractivity contribution is 5.94. The number of aryl methyl sites for hydroxylation is 2. The molecule has 0 saturated carbocycles. The normalized spacial score (nSPS) is 12.1. The summed E-state index contributed by atoms with van der Waals surface area (Å²) in [6.45, 7) is 7.43. The van der Waals surface area contributed by atoms with Crippen molar-refractivity contribution >= 4 is 5.91 Å². The van der Waals surface area contributed by atoms with Crippen molar-refractivity contribution in [3.8, 4) is 5.82 Å². The van der Waals surface area contributed by atoms with E-state index in [9.17, 15) is 4.79 Å². The van der Waals surface area contributed by atoms with Gasteiger partial charge in [0.25, 0.3) is 5.91 Å². The van der Waals surface area contributed by atoms with E-state index in [1.165, 1.54) is 11.0 Å². The number of pyridine rings is 1. The molecule has 0 aliphatic carbocycles. The molecule has 1 atom stereocenters. The Hall–Kier alpha value is -3.03. The van der Waals surface area contributed by atoms with Crippen LogP contribution in [0.4, 0.5) is 0 Å². The maximum atomic E-state index is 12.4. The lowest BCUT2D eigenvalue weighted by molar-refractivity contribution is 0.0946. The third-order valence-corrected chi connectivity index (χ3v) is 3.86. The average molecular weight is 339 g/mol. The molecule has 0 saturated heterocycles. The highest BCUT2D eigenvalue weighted by Crippen LogP contribution is 2.08. The molecule has 0 aliphatic rings. The smallest absolute Gasteiger partial charge is 0.251 e. The van der Waals surface area contributed by atoms with Crippen LogP contribution < -0.4 is 5.32 Å². The summed E-state index contributed by atoms with van der Waals surface area (Å²) in [5.74, 6) is 0.684. The molecule has 0 spiro atoms. The highest BCUT2D eigenvalue weighted by Gasteiger charge is 2.11. The van der Waals surface area contributed by atoms with Crippen LogP contribution >= 0.6 is 0 Å². The fourth-order valence-electron chi connectivity index (χ4n) is 2.60. The maximum absolute atomic E-state index is 12.4. The van der Waals surface area contributed by atoms with Gasteiger partial charge < -0.3 is 5.32 Å². The summed E-state index contributed by atoms with van der Waals surface area (Å²) < 4.78 is 3.49. The SMILES string of the molecule is Cc1cc(C)n(C[C@@H](C)CNC(=O)c2ccnc(-n3cncn3)c2)n1. The topological polar surface area (TPSA) is 90.5 Å². The van der Waals surface area contributed by atoms with Crippen LogP contribution in [0.25, 0.3) is 5.82 Å². The predicted octanol–water partition coefficient (Wildman–Crippen LogP) is 1.54. The maximum Gasteiger partial charge on any atom is 0.251 e. The molecule has 3 aromatic heterocycles. The van der Waals surface area contributed by atoms with Gasteiger partial charge in [-0.05, 0) is 38.0 Å². The number of nitrogens with one attached hydrogen (secondary N) is 1. The fourth-order valence-corrected chi connectivity index (χ4v) is 2.60. The zero-order chi connectivity index (χ0) is 17.8. The van der Waals surface area contributed by atoms with Gasteiger partial charge in [-0.2, -0.15) is 10.2 Å². The van der Waals surface area contributed by atoms with Crippen LogP contribution in [-0.4, -0.2) is 42.0 Å². The van der Waals surface area contributed by atoms with Gasteiger partial charge in [-0.25, -0.2) is 14.6 Å². The molecule has 1 N–H and O–H groups in total. The van der Waals surface area contributed by atoms with E-state index < -0.39 is 0 Å². The highest BCUT2D eigenvalue weighted by atomic mass is 16.1. The Labute approximate surface area is 145 Å². The minimum atomic E-state index is -0.135. The summed E-state index contributed by atoms with van der Waals surface area (Å²) in [7, 11) is 0. The Balaban J connectivity index is 1.59. The van der Waals surface area contributed by atoms with E-state index in [4.69, 9.17) is 0 Å². The number of carbonyl (C=O) groups excluding carboxylic acids is 1. The molecule has 25 heavy (non-hydrogen) atoms. The van der Waals surface area contributed by atoms with E-state index in [1.54, 1.807) is 24.7 Å². The zero-order valence-electron chi connectivity index (χ0n) is 14.5. The number of hydrogen-bond acceptors (Lipinski definition) is 5. The van der Waals surface area contributed by atoms with Crippen molar-refractivity contribution < 1.29 is 4.79 Å². The quantitative estimate of drug-likeness (QED) is 0.736. The lowest BCUT2D eigenvalue weighted by Gasteiger charge is -2.14. The van der Waals surface area contributed by atoms with Crippen LogP contribution in [-0.2, 0) is 6.54 Å². The monoisotopic (exact) mass is 339 g/mol. The van der Waals surface area contributed by atoms with E-state index >= 15 is 0 Å². The summed E-state index contributed by atoms with van der Waals surface area (Å²) in [5.41, 5.74) is 2.67. The van der Waals surface area contributed by atoms with Crippen molar-refractivity contribution in [1.82, 2.24) is 34.8 Å². The Kier molecular flexibility index (Phi) is 4.87. The molecule has 0 aliphatic heterocycles. The van der Waals surface area contributed by atoms with Gasteiger partial charge in [0.05, 0.1) is 5.69 Å². The van der Waals surface area contributed by atoms with E-state index in [-0.39, 0.29) is 11.8 Å². The molecule has 0 fully saturated rings. The van der Waals surface area contributed by atoms with Crippen molar-refractivity contribution in [1.29, 1.82) is 0 Å². The molecular weight excluding hydrogens is 318 g/mol. The Morgan fingerprint density at radius 3 is 2.84 bits per heavy atom. The summed E-state index contributed by atoms with van der Waals surface area (Å²) in [6.07, 6.45) is 4.56. The first-order valence-corrected chi connectivity index (χ1v) is 8.13. The Morgan fingerprint density at radius 1 is 1.32 bits per heavy atom. The van der Waals surface area contributed by atoms with Crippen LogP contribution in [0.2, 0.25) is 0 Å². The average Bonchev–Trinajstić information content (AvgIpc) is 3.23. The summed E-state index contributed by atoms with van der Waals surface area (Å²) in [6, 6.07) is 5.42. The van der Waals surface area contributed by atoms with E-state index in [0.29, 0.717) is 17.9 Å². The van der Waals surface area contributed by atoms with Crippen molar-refractivity contribution in [2.24, 2.45) is 5.92 Å². The van der Waals surface area contributed by atoms with Gasteiger partial charge in [0.1, 0.15) is 12.7 Å². The third-order valence-electron chi connectivity index (χ3n) is 3.86. The minimum absolute atomic E-state index is 0.135. The first kappa shape index (κ1) is 16.8. The number of amides is 1. The minimum Gasteiger partial charge on any atom is -0.352 e. The van der Waals surface area contributed by atoms with Gasteiger partial charge in [-0.3, -0.25) is 9.48 Å². The molecule has 3 rings (SSSR count). The van der Waals surface area contributed by atoms with E-state index in [2.05, 4.69) is 32.4 Å². The molecule has 1 amide bonds. The van der Waals surface area contributed by atoms with Crippen LogP contribution in [0, 0.1) is 19.8 Å². The second-order valence-electron chi connectivity index (χ2n) is 6.17. The molecule has 130 valence electrons. The van der Waals surface area contributed by atoms with Crippen LogP contribution in [0.15, 0.2) is 37.1 Å². The third kappa shape index (κ3) is 4.09. The van der Waals surface area contributed by atoms with Crippen molar-refractivity contribution in [3.05, 3.63) is 54.0 Å². The summed E-state index contributed by atoms with van der Waals surface area (Å²) in [4.78, 5) is 20.5. The summed E-state index contributed by atoms with van der Waals surface area (Å²) in [5, 5.41) is 11.4. The van der Waals surface area contributed by atoms with Gasteiger partial charge >= 0.3 is 0 Å². The standard InChI is InChI=1S/C17H21N7O/c1-12(9-23-14(3)6-13(2)22-23)8-20-17(25)15-4-5-19-16(7-15)24-11-18-10-21-24/h4-7,10-12H,8-9H2,1-3H3,(H,20,25)/t12-/m0/s1. The number of hydrogen-bond donors (Lipinski definition) is 1. The van der Waals surface area contributed by atoms with Crippen LogP contribution in [0.3, 0.4) is 0 Å². The molecule has 0 radical (unpaired) electrons. The van der Waals surface area contributed by atoms with Crippen LogP contribution in [0.5, 0.6) is 0 Å². The van der Waals surface area contributed by atoms with Crippen molar-refractivity contribution in [2.75, 3.05) is 6.54 Å². The van der Waals surface area contributed by atoms with Gasteiger partial charge in [0.15, 0.2) is 5.82 Å². The number of aromatic nitrogens is 6. The van der Waals surface area contributed by atoms with Gasteiger partial charge in [0.2, 0.25) is 0 Å². The van der Waals surface area contributed by atoms with Crippen molar-refractivity contribution in [2.45, 2.75) is 27.3 Å². The Bertz CT molecular complexity index is 854. The zero-order valence-corrected chi connectivity index (χ0v) is 14.5. The number of rotatable bonds is 6. The molecule has 0 aromatic carbocycles. The van der Waals surface area contributed by atoms with Gasteiger partial charge in [-0.15, -0.1) is 0 Å². The van der Waals surface area contributed by atoms with Crippen LogP contribution in [0.1, 0.15) is 28.7 Å². The molecular formula is C17H21N7O. The second-order valence-corrected chi connectivity index (χ2v) is 6.17. The second kappa shape index (κ2) is 7.25. The molecule has 8 heteroatoms. The Morgan fingerprint density at radius 2 is 2.16 bits per heavy atom. The molecule has 3 heterocycles.